The van der Waals surface area contributed by atoms with Crippen LogP contribution in [0, 0.1) is 10.1 Å². The lowest BCUT2D eigenvalue weighted by Gasteiger charge is -2.24. The molecule has 0 bridgehead atoms. The Hall–Kier alpha value is -1.18. The Morgan fingerprint density at radius 3 is 2.58 bits per heavy atom. The Kier molecular flexibility index (Phi) is 6.96. The summed E-state index contributed by atoms with van der Waals surface area (Å²) < 4.78 is 0.401. The molecule has 0 heterocycles. The van der Waals surface area contributed by atoms with Crippen molar-refractivity contribution in [3.05, 3.63) is 38.3 Å². The van der Waals surface area contributed by atoms with E-state index in [1.54, 1.807) is 7.05 Å². The molecule has 19 heavy (non-hydrogen) atoms. The molecule has 1 rings (SSSR count). The van der Waals surface area contributed by atoms with Crippen LogP contribution in [0.5, 0.6) is 0 Å². The predicted octanol–water partition coefficient (Wildman–Crippen LogP) is 2.20. The van der Waals surface area contributed by atoms with Crippen molar-refractivity contribution in [1.29, 1.82) is 0 Å². The summed E-state index contributed by atoms with van der Waals surface area (Å²) in [6, 6.07) is 3.96. The Morgan fingerprint density at radius 1 is 1.58 bits per heavy atom. The van der Waals surface area contributed by atoms with E-state index < -0.39 is 4.92 Å². The Balaban J connectivity index is 0.00000324. The minimum absolute atomic E-state index is 0. The second-order valence-corrected chi connectivity index (χ2v) is 4.78. The molecule has 1 amide bonds. The maximum Gasteiger partial charge on any atom is 0.270 e. The zero-order valence-electron chi connectivity index (χ0n) is 10.5. The molecule has 2 N–H and O–H groups in total. The molecule has 0 aliphatic carbocycles. The van der Waals surface area contributed by atoms with Crippen LogP contribution in [0.2, 0.25) is 0 Å². The van der Waals surface area contributed by atoms with Crippen molar-refractivity contribution >= 4 is 39.9 Å². The SMILES string of the molecule is CC(CN)N(C)C(=O)c1ccc([N+](=O)[O-])cc1Br.Cl. The van der Waals surface area contributed by atoms with Crippen LogP contribution in [-0.2, 0) is 0 Å². The fourth-order valence-electron chi connectivity index (χ4n) is 1.34. The van der Waals surface area contributed by atoms with E-state index in [1.807, 2.05) is 6.92 Å². The molecule has 106 valence electrons. The van der Waals surface area contributed by atoms with E-state index in [1.165, 1.54) is 23.1 Å². The van der Waals surface area contributed by atoms with E-state index >= 15 is 0 Å². The number of amides is 1. The molecule has 1 atom stereocenters. The number of hydrogen-bond donors (Lipinski definition) is 1. The van der Waals surface area contributed by atoms with Crippen LogP contribution < -0.4 is 5.73 Å². The van der Waals surface area contributed by atoms with Crippen LogP contribution in [0.3, 0.4) is 0 Å². The zero-order valence-corrected chi connectivity index (χ0v) is 12.9. The van der Waals surface area contributed by atoms with Crippen molar-refractivity contribution in [3.63, 3.8) is 0 Å². The van der Waals surface area contributed by atoms with Gasteiger partial charge in [-0.15, -0.1) is 12.4 Å². The molecule has 1 aromatic rings. The number of benzene rings is 1. The summed E-state index contributed by atoms with van der Waals surface area (Å²) in [4.78, 5) is 23.7. The number of halogens is 2. The van der Waals surface area contributed by atoms with Gasteiger partial charge in [0, 0.05) is 36.2 Å². The maximum absolute atomic E-state index is 12.1. The monoisotopic (exact) mass is 351 g/mol. The topological polar surface area (TPSA) is 89.5 Å². The van der Waals surface area contributed by atoms with E-state index in [2.05, 4.69) is 15.9 Å². The predicted molar refractivity (Wildman–Crippen MR) is 78.7 cm³/mol. The van der Waals surface area contributed by atoms with Crippen molar-refractivity contribution in [2.45, 2.75) is 13.0 Å². The van der Waals surface area contributed by atoms with Gasteiger partial charge in [-0.05, 0) is 28.9 Å². The number of nitrogens with zero attached hydrogens (tertiary/aromatic N) is 2. The minimum atomic E-state index is -0.509. The third kappa shape index (κ3) is 4.15. The largest absolute Gasteiger partial charge is 0.338 e. The first kappa shape index (κ1) is 17.8. The van der Waals surface area contributed by atoms with Crippen LogP contribution in [0.4, 0.5) is 5.69 Å². The van der Waals surface area contributed by atoms with Gasteiger partial charge in [0.25, 0.3) is 11.6 Å². The van der Waals surface area contributed by atoms with Gasteiger partial charge in [0.1, 0.15) is 0 Å². The van der Waals surface area contributed by atoms with Crippen molar-refractivity contribution in [3.8, 4) is 0 Å². The first-order valence-electron chi connectivity index (χ1n) is 5.29. The fourth-order valence-corrected chi connectivity index (χ4v) is 1.88. The normalized spacial score (nSPS) is 11.4. The molecular weight excluding hydrogens is 337 g/mol. The van der Waals surface area contributed by atoms with E-state index in [0.29, 0.717) is 16.6 Å². The maximum atomic E-state index is 12.1. The molecule has 1 aromatic carbocycles. The van der Waals surface area contributed by atoms with E-state index in [4.69, 9.17) is 5.73 Å². The van der Waals surface area contributed by atoms with Crippen LogP contribution in [0.25, 0.3) is 0 Å². The average Bonchev–Trinajstić information content (AvgIpc) is 2.35. The van der Waals surface area contributed by atoms with Crippen LogP contribution in [-0.4, -0.2) is 35.4 Å². The summed E-state index contributed by atoms with van der Waals surface area (Å²) in [6.45, 7) is 2.18. The first-order chi connectivity index (χ1) is 8.38. The van der Waals surface area contributed by atoms with Crippen LogP contribution in [0.1, 0.15) is 17.3 Å². The molecular formula is C11H15BrClN3O3. The molecule has 1 unspecified atom stereocenters. The molecule has 0 aromatic heterocycles. The lowest BCUT2D eigenvalue weighted by molar-refractivity contribution is -0.384. The molecule has 0 aliphatic heterocycles. The smallest absolute Gasteiger partial charge is 0.270 e. The molecule has 0 spiro atoms. The summed E-state index contributed by atoms with van der Waals surface area (Å²) in [6.07, 6.45) is 0. The van der Waals surface area contributed by atoms with Gasteiger partial charge in [0.05, 0.1) is 10.5 Å². The Labute approximate surface area is 125 Å². The highest BCUT2D eigenvalue weighted by Gasteiger charge is 2.20. The van der Waals surface area contributed by atoms with Gasteiger partial charge >= 0.3 is 0 Å². The third-order valence-electron chi connectivity index (χ3n) is 2.72. The highest BCUT2D eigenvalue weighted by atomic mass is 79.9. The number of nitro groups is 1. The number of hydrogen-bond acceptors (Lipinski definition) is 4. The van der Waals surface area contributed by atoms with Crippen molar-refractivity contribution < 1.29 is 9.72 Å². The summed E-state index contributed by atoms with van der Waals surface area (Å²) in [5, 5.41) is 10.6. The van der Waals surface area contributed by atoms with Crippen molar-refractivity contribution in [2.75, 3.05) is 13.6 Å². The quantitative estimate of drug-likeness (QED) is 0.664. The zero-order chi connectivity index (χ0) is 13.9. The summed E-state index contributed by atoms with van der Waals surface area (Å²) >= 11 is 3.17. The fraction of sp³-hybridized carbons (Fsp3) is 0.364. The number of carbonyl (C=O) groups excluding carboxylic acids is 1. The molecule has 0 saturated heterocycles. The number of non-ortho nitro benzene ring substituents is 1. The van der Waals surface area contributed by atoms with E-state index in [9.17, 15) is 14.9 Å². The Morgan fingerprint density at radius 2 is 2.16 bits per heavy atom. The van der Waals surface area contributed by atoms with Gasteiger partial charge in [-0.1, -0.05) is 0 Å². The molecule has 0 saturated carbocycles. The lowest BCUT2D eigenvalue weighted by atomic mass is 10.1. The van der Waals surface area contributed by atoms with Crippen LogP contribution in [0.15, 0.2) is 22.7 Å². The number of nitrogens with two attached hydrogens (primary N) is 1. The summed E-state index contributed by atoms with van der Waals surface area (Å²) in [5.74, 6) is -0.227. The standard InChI is InChI=1S/C11H14BrN3O3.ClH/c1-7(6-13)14(2)11(16)9-4-3-8(15(17)18)5-10(9)12;/h3-5,7H,6,13H2,1-2H3;1H. The summed E-state index contributed by atoms with van der Waals surface area (Å²) in [5.41, 5.74) is 5.81. The molecule has 0 aliphatic rings. The van der Waals surface area contributed by atoms with Crippen molar-refractivity contribution in [2.24, 2.45) is 5.73 Å². The van der Waals surface area contributed by atoms with E-state index in [-0.39, 0.29) is 30.0 Å². The van der Waals surface area contributed by atoms with E-state index in [0.717, 1.165) is 0 Å². The molecule has 6 nitrogen and oxygen atoms in total. The second kappa shape index (κ2) is 7.42. The minimum Gasteiger partial charge on any atom is -0.338 e. The van der Waals surface area contributed by atoms with Gasteiger partial charge in [0.2, 0.25) is 0 Å². The number of rotatable bonds is 4. The first-order valence-corrected chi connectivity index (χ1v) is 6.09. The molecule has 8 heteroatoms. The van der Waals surface area contributed by atoms with Gasteiger partial charge < -0.3 is 10.6 Å². The van der Waals surface area contributed by atoms with Crippen LogP contribution >= 0.6 is 28.3 Å². The number of likely N-dealkylation sites (N-methyl/N-ethyl adjacent to an activating group) is 1. The Bertz CT molecular complexity index is 484. The number of nitro benzene ring substituents is 1. The third-order valence-corrected chi connectivity index (χ3v) is 3.37. The average molecular weight is 353 g/mol. The number of carbonyl (C=O) groups is 1. The van der Waals surface area contributed by atoms with Gasteiger partial charge in [-0.25, -0.2) is 0 Å². The summed E-state index contributed by atoms with van der Waals surface area (Å²) in [7, 11) is 1.65. The molecule has 0 radical (unpaired) electrons. The van der Waals surface area contributed by atoms with Gasteiger partial charge in [-0.3, -0.25) is 14.9 Å². The van der Waals surface area contributed by atoms with Gasteiger partial charge in [-0.2, -0.15) is 0 Å². The van der Waals surface area contributed by atoms with Crippen molar-refractivity contribution in [1.82, 2.24) is 4.90 Å². The molecule has 0 fully saturated rings. The highest BCUT2D eigenvalue weighted by molar-refractivity contribution is 9.10. The highest BCUT2D eigenvalue weighted by Crippen LogP contribution is 2.24. The second-order valence-electron chi connectivity index (χ2n) is 3.92. The van der Waals surface area contributed by atoms with Gasteiger partial charge in [0.15, 0.2) is 0 Å². The lowest BCUT2D eigenvalue weighted by Crippen LogP contribution is -2.39.